The summed E-state index contributed by atoms with van der Waals surface area (Å²) in [6.45, 7) is 0. The first kappa shape index (κ1) is 28.0. The van der Waals surface area contributed by atoms with Gasteiger partial charge in [-0.15, -0.1) is 0 Å². The van der Waals surface area contributed by atoms with Crippen LogP contribution in [0.15, 0.2) is 186 Å². The second-order valence-corrected chi connectivity index (χ2v) is 13.3. The summed E-state index contributed by atoms with van der Waals surface area (Å²) in [6, 6.07) is 65.5. The Labute approximate surface area is 293 Å². The fourth-order valence-electron chi connectivity index (χ4n) is 8.30. The summed E-state index contributed by atoms with van der Waals surface area (Å²) in [5, 5.41) is 11.9. The van der Waals surface area contributed by atoms with Gasteiger partial charge in [-0.05, 0) is 82.2 Å². The summed E-state index contributed by atoms with van der Waals surface area (Å²) in [6.07, 6.45) is 0. The van der Waals surface area contributed by atoms with Gasteiger partial charge in [0.25, 0.3) is 0 Å². The van der Waals surface area contributed by atoms with Crippen LogP contribution in [0.25, 0.3) is 81.7 Å². The van der Waals surface area contributed by atoms with Crippen LogP contribution in [0.4, 0.5) is 17.1 Å². The molecule has 0 unspecified atom stereocenters. The average Bonchev–Trinajstić information content (AvgIpc) is 3.75. The summed E-state index contributed by atoms with van der Waals surface area (Å²) in [5.74, 6) is 0. The zero-order chi connectivity index (χ0) is 33.5. The van der Waals surface area contributed by atoms with Gasteiger partial charge in [0, 0.05) is 49.4 Å². The van der Waals surface area contributed by atoms with Crippen LogP contribution in [0.3, 0.4) is 0 Å². The average molecular weight is 651 g/mol. The van der Waals surface area contributed by atoms with E-state index in [1.807, 2.05) is 6.07 Å². The van der Waals surface area contributed by atoms with Crippen LogP contribution >= 0.6 is 0 Å². The van der Waals surface area contributed by atoms with Crippen LogP contribution in [-0.2, 0) is 0 Å². The molecule has 0 N–H and O–H groups in total. The summed E-state index contributed by atoms with van der Waals surface area (Å²) in [4.78, 5) is 2.41. The van der Waals surface area contributed by atoms with Crippen molar-refractivity contribution in [2.75, 3.05) is 4.90 Å². The molecule has 0 bridgehead atoms. The van der Waals surface area contributed by atoms with Crippen molar-refractivity contribution >= 4 is 93.1 Å². The van der Waals surface area contributed by atoms with Gasteiger partial charge in [-0.3, -0.25) is 0 Å². The maximum Gasteiger partial charge on any atom is 0.143 e. The summed E-state index contributed by atoms with van der Waals surface area (Å²) in [7, 11) is 0. The van der Waals surface area contributed by atoms with Gasteiger partial charge in [0.15, 0.2) is 0 Å². The van der Waals surface area contributed by atoms with Crippen molar-refractivity contribution in [1.82, 2.24) is 4.57 Å². The van der Waals surface area contributed by atoms with Gasteiger partial charge in [-0.25, -0.2) is 0 Å². The lowest BCUT2D eigenvalue weighted by atomic mass is 9.94. The van der Waals surface area contributed by atoms with Crippen LogP contribution in [-0.4, -0.2) is 4.57 Å². The second kappa shape index (κ2) is 10.8. The van der Waals surface area contributed by atoms with Crippen LogP contribution < -0.4 is 4.90 Å². The Morgan fingerprint density at radius 2 is 1.06 bits per heavy atom. The molecule has 11 aromatic rings. The predicted octanol–water partition coefficient (Wildman–Crippen LogP) is 13.6. The molecule has 9 aromatic carbocycles. The summed E-state index contributed by atoms with van der Waals surface area (Å²) >= 11 is 0. The van der Waals surface area contributed by atoms with Gasteiger partial charge in [0.1, 0.15) is 11.2 Å². The fourth-order valence-corrected chi connectivity index (χ4v) is 8.30. The Bertz CT molecular complexity index is 3140. The maximum atomic E-state index is 6.60. The zero-order valence-corrected chi connectivity index (χ0v) is 27.6. The molecule has 0 amide bonds. The monoisotopic (exact) mass is 650 g/mol. The highest BCUT2D eigenvalue weighted by atomic mass is 16.3. The minimum atomic E-state index is 0.917. The van der Waals surface area contributed by atoms with Gasteiger partial charge in [-0.1, -0.05) is 121 Å². The van der Waals surface area contributed by atoms with Gasteiger partial charge < -0.3 is 13.9 Å². The third-order valence-electron chi connectivity index (χ3n) is 10.5. The number of rotatable bonds is 4. The highest BCUT2D eigenvalue weighted by Gasteiger charge is 2.22. The second-order valence-electron chi connectivity index (χ2n) is 13.3. The van der Waals surface area contributed by atoms with E-state index < -0.39 is 0 Å². The summed E-state index contributed by atoms with van der Waals surface area (Å²) < 4.78 is 9.02. The van der Waals surface area contributed by atoms with Crippen molar-refractivity contribution in [3.63, 3.8) is 0 Å². The highest BCUT2D eigenvalue weighted by Crippen LogP contribution is 2.45. The van der Waals surface area contributed by atoms with E-state index in [2.05, 4.69) is 185 Å². The van der Waals surface area contributed by atoms with Gasteiger partial charge in [-0.2, -0.15) is 0 Å². The molecule has 2 aromatic heterocycles. The molecule has 0 saturated carbocycles. The number of aromatic nitrogens is 1. The minimum absolute atomic E-state index is 0.917. The summed E-state index contributed by atoms with van der Waals surface area (Å²) in [5.41, 5.74) is 8.68. The molecule has 51 heavy (non-hydrogen) atoms. The Balaban J connectivity index is 1.20. The van der Waals surface area contributed by atoms with E-state index in [0.717, 1.165) is 50.1 Å². The third kappa shape index (κ3) is 4.12. The lowest BCUT2D eigenvalue weighted by Gasteiger charge is -2.27. The van der Waals surface area contributed by atoms with Crippen molar-refractivity contribution in [2.45, 2.75) is 0 Å². The molecule has 0 spiro atoms. The van der Waals surface area contributed by atoms with Crippen LogP contribution in [0.2, 0.25) is 0 Å². The Morgan fingerprint density at radius 3 is 1.90 bits per heavy atom. The highest BCUT2D eigenvalue weighted by molar-refractivity contribution is 6.29. The third-order valence-corrected chi connectivity index (χ3v) is 10.5. The number of nitrogens with zero attached hydrogens (tertiary/aromatic N) is 2. The first-order valence-electron chi connectivity index (χ1n) is 17.4. The standard InChI is InChI=1S/C48H30N2O/c1-3-12-34(13-4-1)49(43-20-11-18-40-38-16-7-9-19-42(38)50(47(40)43)35-14-5-2-6-15-35)36-27-29-37-33(30-36)25-24-31-22-23-32-26-28-41-39-17-8-10-21-44(39)51-48(41)46(32)45(31)37/h1-30H. The largest absolute Gasteiger partial charge is 0.455 e. The molecular weight excluding hydrogens is 621 g/mol. The zero-order valence-electron chi connectivity index (χ0n) is 27.6. The number of hydrogen-bond acceptors (Lipinski definition) is 2. The Kier molecular flexibility index (Phi) is 5.96. The maximum absolute atomic E-state index is 6.60. The van der Waals surface area contributed by atoms with Crippen molar-refractivity contribution in [1.29, 1.82) is 0 Å². The van der Waals surface area contributed by atoms with Crippen molar-refractivity contribution < 1.29 is 4.42 Å². The number of para-hydroxylation sites is 5. The quantitative estimate of drug-likeness (QED) is 0.177. The number of hydrogen-bond donors (Lipinski definition) is 0. The van der Waals surface area contributed by atoms with E-state index >= 15 is 0 Å². The molecule has 0 atom stereocenters. The molecule has 0 aliphatic rings. The van der Waals surface area contributed by atoms with E-state index in [1.165, 1.54) is 48.7 Å². The molecule has 2 heterocycles. The molecule has 0 radical (unpaired) electrons. The first-order valence-corrected chi connectivity index (χ1v) is 17.4. The number of anilines is 3. The van der Waals surface area contributed by atoms with Crippen molar-refractivity contribution in [3.8, 4) is 5.69 Å². The predicted molar refractivity (Wildman–Crippen MR) is 215 cm³/mol. The van der Waals surface area contributed by atoms with Gasteiger partial charge in [0.05, 0.1) is 16.7 Å². The van der Waals surface area contributed by atoms with E-state index in [1.54, 1.807) is 0 Å². The topological polar surface area (TPSA) is 21.3 Å². The number of benzene rings is 9. The van der Waals surface area contributed by atoms with E-state index in [0.29, 0.717) is 0 Å². The van der Waals surface area contributed by atoms with E-state index in [9.17, 15) is 0 Å². The minimum Gasteiger partial charge on any atom is -0.455 e. The molecule has 238 valence electrons. The fraction of sp³-hybridized carbons (Fsp3) is 0. The molecule has 0 fully saturated rings. The normalized spacial score (nSPS) is 11.9. The SMILES string of the molecule is c1ccc(N(c2ccc3c(ccc4ccc5ccc6c7ccccc7oc6c5c43)c2)c2cccc3c4ccccc4n(-c4ccccc4)c23)cc1. The lowest BCUT2D eigenvalue weighted by molar-refractivity contribution is 0.673. The molecule has 11 rings (SSSR count). The molecule has 0 aliphatic heterocycles. The van der Waals surface area contributed by atoms with Crippen LogP contribution in [0, 0.1) is 0 Å². The van der Waals surface area contributed by atoms with E-state index in [4.69, 9.17) is 4.42 Å². The Hall–Kier alpha value is -6.84. The smallest absolute Gasteiger partial charge is 0.143 e. The molecule has 0 aliphatic carbocycles. The molecular formula is C48H30N2O. The van der Waals surface area contributed by atoms with E-state index in [-0.39, 0.29) is 0 Å². The molecule has 3 heteroatoms. The van der Waals surface area contributed by atoms with Crippen LogP contribution in [0.5, 0.6) is 0 Å². The lowest BCUT2D eigenvalue weighted by Crippen LogP contribution is -2.11. The van der Waals surface area contributed by atoms with Gasteiger partial charge in [0.2, 0.25) is 0 Å². The van der Waals surface area contributed by atoms with Crippen LogP contribution in [0.1, 0.15) is 0 Å². The Morgan fingerprint density at radius 1 is 0.412 bits per heavy atom. The van der Waals surface area contributed by atoms with Crippen molar-refractivity contribution in [2.24, 2.45) is 0 Å². The molecule has 0 saturated heterocycles. The first-order chi connectivity index (χ1) is 25.3. The number of furan rings is 1. The number of fused-ring (bicyclic) bond motifs is 12. The van der Waals surface area contributed by atoms with Gasteiger partial charge >= 0.3 is 0 Å². The van der Waals surface area contributed by atoms with Crippen molar-refractivity contribution in [3.05, 3.63) is 182 Å². The molecule has 3 nitrogen and oxygen atoms in total.